The van der Waals surface area contributed by atoms with Crippen LogP contribution in [0.5, 0.6) is 0 Å². The van der Waals surface area contributed by atoms with E-state index in [0.717, 1.165) is 29.6 Å². The molecule has 0 amide bonds. The maximum atomic E-state index is 5.22. The van der Waals surface area contributed by atoms with Crippen molar-refractivity contribution in [3.05, 3.63) is 28.5 Å². The molecule has 0 radical (unpaired) electrons. The molecule has 0 spiro atoms. The van der Waals surface area contributed by atoms with Crippen LogP contribution in [-0.2, 0) is 11.3 Å². The normalized spacial score (nSPS) is 24.9. The highest BCUT2D eigenvalue weighted by Gasteiger charge is 2.28. The highest BCUT2D eigenvalue weighted by atomic mass is 79.9. The Morgan fingerprint density at radius 2 is 2.33 bits per heavy atom. The van der Waals surface area contributed by atoms with E-state index >= 15 is 0 Å². The van der Waals surface area contributed by atoms with Gasteiger partial charge >= 0.3 is 0 Å². The molecule has 2 rings (SSSR count). The van der Waals surface area contributed by atoms with Crippen molar-refractivity contribution in [2.45, 2.75) is 31.5 Å². The summed E-state index contributed by atoms with van der Waals surface area (Å²) in [6.45, 7) is 0.842. The predicted octanol–water partition coefficient (Wildman–Crippen LogP) is 2.11. The fourth-order valence-corrected chi connectivity index (χ4v) is 1.92. The van der Waals surface area contributed by atoms with E-state index in [-0.39, 0.29) is 0 Å². The number of hydrogen-bond acceptors (Lipinski definition) is 3. The van der Waals surface area contributed by atoms with Gasteiger partial charge in [0.25, 0.3) is 0 Å². The molecule has 0 unspecified atom stereocenters. The van der Waals surface area contributed by atoms with Gasteiger partial charge in [0.05, 0.1) is 11.8 Å². The van der Waals surface area contributed by atoms with E-state index in [0.29, 0.717) is 12.1 Å². The first-order valence-corrected chi connectivity index (χ1v) is 5.94. The summed E-state index contributed by atoms with van der Waals surface area (Å²) in [6.07, 6.45) is 4.52. The van der Waals surface area contributed by atoms with Gasteiger partial charge in [-0.3, -0.25) is 4.98 Å². The quantitative estimate of drug-likeness (QED) is 0.910. The molecule has 1 heterocycles. The Morgan fingerprint density at radius 1 is 1.53 bits per heavy atom. The van der Waals surface area contributed by atoms with Gasteiger partial charge in [-0.25, -0.2) is 0 Å². The second kappa shape index (κ2) is 5.05. The first-order chi connectivity index (χ1) is 7.28. The summed E-state index contributed by atoms with van der Waals surface area (Å²) < 4.78 is 6.24. The zero-order valence-electron chi connectivity index (χ0n) is 8.74. The molecule has 82 valence electrons. The van der Waals surface area contributed by atoms with E-state index in [1.807, 2.05) is 18.3 Å². The molecule has 1 fully saturated rings. The van der Waals surface area contributed by atoms with Crippen LogP contribution < -0.4 is 5.32 Å². The summed E-state index contributed by atoms with van der Waals surface area (Å²) in [5, 5.41) is 3.46. The maximum absolute atomic E-state index is 5.22. The average molecular weight is 271 g/mol. The van der Waals surface area contributed by atoms with Crippen molar-refractivity contribution in [3.63, 3.8) is 0 Å². The Balaban J connectivity index is 1.72. The Labute approximate surface area is 98.4 Å². The third kappa shape index (κ3) is 3.00. The molecule has 1 aromatic rings. The minimum atomic E-state index is 0.459. The predicted molar refractivity (Wildman–Crippen MR) is 62.6 cm³/mol. The number of halogens is 1. The number of pyridine rings is 1. The van der Waals surface area contributed by atoms with Crippen LogP contribution in [0.15, 0.2) is 22.8 Å². The summed E-state index contributed by atoms with van der Waals surface area (Å²) in [5.74, 6) is 0. The number of nitrogens with zero attached hydrogens (tertiary/aromatic N) is 1. The molecule has 0 saturated heterocycles. The van der Waals surface area contributed by atoms with Gasteiger partial charge in [-0.1, -0.05) is 0 Å². The number of methoxy groups -OCH3 is 1. The van der Waals surface area contributed by atoms with Gasteiger partial charge < -0.3 is 10.1 Å². The summed E-state index contributed by atoms with van der Waals surface area (Å²) in [5.41, 5.74) is 1.08. The van der Waals surface area contributed by atoms with Crippen molar-refractivity contribution in [1.29, 1.82) is 0 Å². The van der Waals surface area contributed by atoms with E-state index in [2.05, 4.69) is 26.2 Å². The van der Waals surface area contributed by atoms with Gasteiger partial charge in [-0.15, -0.1) is 0 Å². The molecule has 1 N–H and O–H groups in total. The van der Waals surface area contributed by atoms with Gasteiger partial charge in [-0.2, -0.15) is 0 Å². The zero-order valence-corrected chi connectivity index (χ0v) is 10.3. The van der Waals surface area contributed by atoms with Crippen molar-refractivity contribution < 1.29 is 4.74 Å². The Hall–Kier alpha value is -0.450. The third-order valence-corrected chi connectivity index (χ3v) is 3.26. The lowest BCUT2D eigenvalue weighted by atomic mass is 9.89. The Bertz CT molecular complexity index is 309. The van der Waals surface area contributed by atoms with Crippen LogP contribution in [0.1, 0.15) is 18.5 Å². The first kappa shape index (κ1) is 11.0. The van der Waals surface area contributed by atoms with E-state index in [1.165, 1.54) is 0 Å². The number of rotatable bonds is 4. The molecular formula is C11H15BrN2O. The van der Waals surface area contributed by atoms with E-state index < -0.39 is 0 Å². The monoisotopic (exact) mass is 270 g/mol. The molecule has 1 aromatic heterocycles. The minimum absolute atomic E-state index is 0.459. The molecule has 4 heteroatoms. The lowest BCUT2D eigenvalue weighted by Crippen LogP contribution is -2.44. The van der Waals surface area contributed by atoms with Crippen LogP contribution in [0.4, 0.5) is 0 Å². The molecule has 3 nitrogen and oxygen atoms in total. The van der Waals surface area contributed by atoms with Crippen LogP contribution in [0.25, 0.3) is 0 Å². The summed E-state index contributed by atoms with van der Waals surface area (Å²) >= 11 is 3.37. The summed E-state index contributed by atoms with van der Waals surface area (Å²) in [6, 6.07) is 4.65. The van der Waals surface area contributed by atoms with Gasteiger partial charge in [0.2, 0.25) is 0 Å². The number of nitrogens with one attached hydrogen (secondary N) is 1. The molecule has 15 heavy (non-hydrogen) atoms. The highest BCUT2D eigenvalue weighted by Crippen LogP contribution is 2.22. The molecular weight excluding hydrogens is 256 g/mol. The van der Waals surface area contributed by atoms with Crippen molar-refractivity contribution in [1.82, 2.24) is 10.3 Å². The Morgan fingerprint density at radius 3 is 2.93 bits per heavy atom. The number of hydrogen-bond donors (Lipinski definition) is 1. The number of ether oxygens (including phenoxy) is 1. The molecule has 0 aliphatic heterocycles. The van der Waals surface area contributed by atoms with Gasteiger partial charge in [0.15, 0.2) is 0 Å². The SMILES string of the molecule is COC1CC(NCc2ccc(Br)cn2)C1. The van der Waals surface area contributed by atoms with E-state index in [4.69, 9.17) is 4.74 Å². The molecule has 0 aromatic carbocycles. The lowest BCUT2D eigenvalue weighted by Gasteiger charge is -2.34. The lowest BCUT2D eigenvalue weighted by molar-refractivity contribution is 0.0169. The minimum Gasteiger partial charge on any atom is -0.381 e. The molecule has 1 saturated carbocycles. The van der Waals surface area contributed by atoms with Crippen LogP contribution in [0, 0.1) is 0 Å². The van der Waals surface area contributed by atoms with E-state index in [1.54, 1.807) is 7.11 Å². The summed E-state index contributed by atoms with van der Waals surface area (Å²) in [4.78, 5) is 4.31. The van der Waals surface area contributed by atoms with Gasteiger partial charge in [-0.05, 0) is 40.9 Å². The van der Waals surface area contributed by atoms with E-state index in [9.17, 15) is 0 Å². The van der Waals surface area contributed by atoms with Crippen LogP contribution in [0.3, 0.4) is 0 Å². The second-order valence-corrected chi connectivity index (χ2v) is 4.79. The van der Waals surface area contributed by atoms with Crippen LogP contribution >= 0.6 is 15.9 Å². The van der Waals surface area contributed by atoms with Crippen molar-refractivity contribution in [2.75, 3.05) is 7.11 Å². The molecule has 1 aliphatic rings. The average Bonchev–Trinajstić information content (AvgIpc) is 2.19. The topological polar surface area (TPSA) is 34.1 Å². The summed E-state index contributed by atoms with van der Waals surface area (Å²) in [7, 11) is 1.77. The first-order valence-electron chi connectivity index (χ1n) is 5.14. The fourth-order valence-electron chi connectivity index (χ4n) is 1.68. The third-order valence-electron chi connectivity index (χ3n) is 2.79. The molecule has 0 bridgehead atoms. The molecule has 0 atom stereocenters. The Kier molecular flexibility index (Phi) is 3.72. The second-order valence-electron chi connectivity index (χ2n) is 3.87. The smallest absolute Gasteiger partial charge is 0.0601 e. The van der Waals surface area contributed by atoms with Crippen molar-refractivity contribution >= 4 is 15.9 Å². The standard InChI is InChI=1S/C11H15BrN2O/c1-15-11-4-10(5-11)14-7-9-3-2-8(12)6-13-9/h2-3,6,10-11,14H,4-5,7H2,1H3. The van der Waals surface area contributed by atoms with Gasteiger partial charge in [0.1, 0.15) is 0 Å². The zero-order chi connectivity index (χ0) is 10.7. The fraction of sp³-hybridized carbons (Fsp3) is 0.545. The van der Waals surface area contributed by atoms with Crippen LogP contribution in [-0.4, -0.2) is 24.2 Å². The van der Waals surface area contributed by atoms with Crippen molar-refractivity contribution in [2.24, 2.45) is 0 Å². The number of aromatic nitrogens is 1. The molecule has 1 aliphatic carbocycles. The highest BCUT2D eigenvalue weighted by molar-refractivity contribution is 9.10. The maximum Gasteiger partial charge on any atom is 0.0601 e. The van der Waals surface area contributed by atoms with Crippen LogP contribution in [0.2, 0.25) is 0 Å². The largest absolute Gasteiger partial charge is 0.381 e. The van der Waals surface area contributed by atoms with Gasteiger partial charge in [0, 0.05) is 30.4 Å². The van der Waals surface area contributed by atoms with Crippen molar-refractivity contribution in [3.8, 4) is 0 Å².